The second kappa shape index (κ2) is 3.72. The molecule has 3 N–H and O–H groups in total. The molecule has 5 nitrogen and oxygen atoms in total. The molecule has 1 heterocycles. The molecule has 80 valence electrons. The zero-order valence-corrected chi connectivity index (χ0v) is 8.97. The lowest BCUT2D eigenvalue weighted by Gasteiger charge is -2.18. The molecule has 0 saturated carbocycles. The van der Waals surface area contributed by atoms with Crippen molar-refractivity contribution in [1.29, 1.82) is 0 Å². The Kier molecular flexibility index (Phi) is 2.98. The summed E-state index contributed by atoms with van der Waals surface area (Å²) in [5.41, 5.74) is 5.05. The molecule has 0 bridgehead atoms. The van der Waals surface area contributed by atoms with Gasteiger partial charge in [0.25, 0.3) is 10.0 Å². The molecule has 0 aromatic carbocycles. The fraction of sp³-hybridized carbons (Fsp3) is 0.500. The number of sulfonamides is 1. The van der Waals surface area contributed by atoms with Gasteiger partial charge in [-0.2, -0.15) is 0 Å². The van der Waals surface area contributed by atoms with E-state index in [1.807, 2.05) is 0 Å². The van der Waals surface area contributed by atoms with Crippen LogP contribution in [0.5, 0.6) is 0 Å². The van der Waals surface area contributed by atoms with Crippen LogP contribution in [0.2, 0.25) is 0 Å². The summed E-state index contributed by atoms with van der Waals surface area (Å²) < 4.78 is 30.1. The molecule has 0 unspecified atom stereocenters. The molecule has 1 rings (SSSR count). The maximum atomic E-state index is 11.5. The fourth-order valence-electron chi connectivity index (χ4n) is 0.769. The first-order valence-corrected chi connectivity index (χ1v) is 5.62. The quantitative estimate of drug-likeness (QED) is 0.761. The molecule has 0 aliphatic heterocycles. The van der Waals surface area contributed by atoms with E-state index in [2.05, 4.69) is 4.72 Å². The Labute approximate surface area is 83.3 Å². The maximum absolute atomic E-state index is 11.5. The average molecular weight is 218 g/mol. The van der Waals surface area contributed by atoms with E-state index in [-0.39, 0.29) is 11.6 Å². The van der Waals surface area contributed by atoms with Gasteiger partial charge in [0.2, 0.25) is 5.09 Å². The van der Waals surface area contributed by atoms with Crippen LogP contribution >= 0.6 is 0 Å². The van der Waals surface area contributed by atoms with E-state index in [1.165, 1.54) is 18.4 Å². The number of hydrogen-bond acceptors (Lipinski definition) is 4. The van der Waals surface area contributed by atoms with Crippen molar-refractivity contribution in [3.63, 3.8) is 0 Å². The molecule has 0 aliphatic carbocycles. The highest BCUT2D eigenvalue weighted by Gasteiger charge is 2.20. The highest BCUT2D eigenvalue weighted by molar-refractivity contribution is 7.89. The molecule has 1 aromatic heterocycles. The zero-order chi connectivity index (χ0) is 10.8. The standard InChI is InChI=1S/C8H14N2O3S/c1-8(2,9)6-10-14(11,12)7-4-3-5-13-7/h3-5,10H,6,9H2,1-2H3. The molecular formula is C8H14N2O3S. The summed E-state index contributed by atoms with van der Waals surface area (Å²) >= 11 is 0. The first-order chi connectivity index (χ1) is 6.31. The molecule has 0 radical (unpaired) electrons. The van der Waals surface area contributed by atoms with Crippen LogP contribution in [0.4, 0.5) is 0 Å². The van der Waals surface area contributed by atoms with Crippen molar-refractivity contribution in [3.05, 3.63) is 18.4 Å². The van der Waals surface area contributed by atoms with Crippen LogP contribution in [0.3, 0.4) is 0 Å². The Morgan fingerprint density at radius 1 is 1.57 bits per heavy atom. The minimum absolute atomic E-state index is 0.0956. The van der Waals surface area contributed by atoms with Crippen LogP contribution in [0.15, 0.2) is 27.9 Å². The molecule has 14 heavy (non-hydrogen) atoms. The number of furan rings is 1. The van der Waals surface area contributed by atoms with Gasteiger partial charge in [0.1, 0.15) is 0 Å². The lowest BCUT2D eigenvalue weighted by molar-refractivity contribution is 0.438. The van der Waals surface area contributed by atoms with Crippen LogP contribution < -0.4 is 10.5 Å². The van der Waals surface area contributed by atoms with Crippen LogP contribution in [0.1, 0.15) is 13.8 Å². The predicted molar refractivity (Wildman–Crippen MR) is 52.2 cm³/mol. The molecule has 0 amide bonds. The normalized spacial score (nSPS) is 13.1. The fourth-order valence-corrected chi connectivity index (χ4v) is 1.91. The third kappa shape index (κ3) is 3.13. The number of nitrogens with two attached hydrogens (primary N) is 1. The van der Waals surface area contributed by atoms with Crippen LogP contribution in [-0.2, 0) is 10.0 Å². The van der Waals surface area contributed by atoms with E-state index in [1.54, 1.807) is 13.8 Å². The second-order valence-corrected chi connectivity index (χ2v) is 5.44. The van der Waals surface area contributed by atoms with E-state index in [0.29, 0.717) is 0 Å². The molecule has 0 aliphatic rings. The van der Waals surface area contributed by atoms with Gasteiger partial charge in [0.15, 0.2) is 0 Å². The number of nitrogens with one attached hydrogen (secondary N) is 1. The summed E-state index contributed by atoms with van der Waals surface area (Å²) in [5.74, 6) is 0. The van der Waals surface area contributed by atoms with Crippen molar-refractivity contribution in [3.8, 4) is 0 Å². The third-order valence-corrected chi connectivity index (χ3v) is 2.76. The Balaban J connectivity index is 2.70. The van der Waals surface area contributed by atoms with Crippen molar-refractivity contribution in [1.82, 2.24) is 4.72 Å². The summed E-state index contributed by atoms with van der Waals surface area (Å²) in [4.78, 5) is 0. The van der Waals surface area contributed by atoms with E-state index < -0.39 is 15.6 Å². The third-order valence-electron chi connectivity index (χ3n) is 1.48. The average Bonchev–Trinajstić information content (AvgIpc) is 2.52. The van der Waals surface area contributed by atoms with Crippen molar-refractivity contribution in [2.75, 3.05) is 6.54 Å². The summed E-state index contributed by atoms with van der Waals surface area (Å²) in [7, 11) is -3.55. The van der Waals surface area contributed by atoms with Gasteiger partial charge < -0.3 is 10.2 Å². The van der Waals surface area contributed by atoms with Gasteiger partial charge in [-0.15, -0.1) is 0 Å². The monoisotopic (exact) mass is 218 g/mol. The lowest BCUT2D eigenvalue weighted by Crippen LogP contribution is -2.44. The second-order valence-electron chi connectivity index (χ2n) is 3.75. The van der Waals surface area contributed by atoms with E-state index >= 15 is 0 Å². The first-order valence-electron chi connectivity index (χ1n) is 4.13. The van der Waals surface area contributed by atoms with Gasteiger partial charge in [0.05, 0.1) is 6.26 Å². The van der Waals surface area contributed by atoms with Crippen molar-refractivity contribution < 1.29 is 12.8 Å². The highest BCUT2D eigenvalue weighted by Crippen LogP contribution is 2.08. The van der Waals surface area contributed by atoms with Crippen molar-refractivity contribution in [2.45, 2.75) is 24.5 Å². The Bertz CT molecular complexity index is 375. The first kappa shape index (κ1) is 11.2. The number of hydrogen-bond donors (Lipinski definition) is 2. The molecule has 1 aromatic rings. The van der Waals surface area contributed by atoms with Crippen molar-refractivity contribution >= 4 is 10.0 Å². The van der Waals surface area contributed by atoms with E-state index in [0.717, 1.165) is 0 Å². The zero-order valence-electron chi connectivity index (χ0n) is 8.15. The molecule has 0 spiro atoms. The van der Waals surface area contributed by atoms with Gasteiger partial charge >= 0.3 is 0 Å². The lowest BCUT2D eigenvalue weighted by atomic mass is 10.1. The van der Waals surface area contributed by atoms with Gasteiger partial charge in [0, 0.05) is 12.1 Å². The van der Waals surface area contributed by atoms with Gasteiger partial charge in [-0.05, 0) is 26.0 Å². The van der Waals surface area contributed by atoms with Crippen LogP contribution in [0.25, 0.3) is 0 Å². The largest absolute Gasteiger partial charge is 0.452 e. The molecule has 0 saturated heterocycles. The maximum Gasteiger partial charge on any atom is 0.274 e. The van der Waals surface area contributed by atoms with Gasteiger partial charge in [-0.3, -0.25) is 0 Å². The summed E-state index contributed by atoms with van der Waals surface area (Å²) in [6, 6.07) is 2.90. The summed E-state index contributed by atoms with van der Waals surface area (Å²) in [6.07, 6.45) is 1.31. The van der Waals surface area contributed by atoms with Crippen LogP contribution in [0, 0.1) is 0 Å². The number of rotatable bonds is 4. The summed E-state index contributed by atoms with van der Waals surface area (Å²) in [6.45, 7) is 3.63. The van der Waals surface area contributed by atoms with Crippen LogP contribution in [-0.4, -0.2) is 20.5 Å². The summed E-state index contributed by atoms with van der Waals surface area (Å²) in [5, 5.41) is -0.0956. The Hall–Kier alpha value is -0.850. The highest BCUT2D eigenvalue weighted by atomic mass is 32.2. The SMILES string of the molecule is CC(C)(N)CNS(=O)(=O)c1ccco1. The Morgan fingerprint density at radius 2 is 2.21 bits per heavy atom. The smallest absolute Gasteiger partial charge is 0.274 e. The van der Waals surface area contributed by atoms with E-state index in [9.17, 15) is 8.42 Å². The van der Waals surface area contributed by atoms with Crippen molar-refractivity contribution in [2.24, 2.45) is 5.73 Å². The van der Waals surface area contributed by atoms with Gasteiger partial charge in [-0.25, -0.2) is 13.1 Å². The molecule has 6 heteroatoms. The topological polar surface area (TPSA) is 85.3 Å². The van der Waals surface area contributed by atoms with Gasteiger partial charge in [-0.1, -0.05) is 0 Å². The minimum Gasteiger partial charge on any atom is -0.452 e. The minimum atomic E-state index is -3.55. The molecule has 0 atom stereocenters. The Morgan fingerprint density at radius 3 is 2.64 bits per heavy atom. The molecule has 0 fully saturated rings. The van der Waals surface area contributed by atoms with E-state index in [4.69, 9.17) is 10.2 Å². The predicted octanol–water partition coefficient (Wildman–Crippen LogP) is 0.295. The molecular weight excluding hydrogens is 204 g/mol.